The van der Waals surface area contributed by atoms with Crippen molar-refractivity contribution in [2.24, 2.45) is 5.73 Å². The van der Waals surface area contributed by atoms with Gasteiger partial charge in [0.15, 0.2) is 0 Å². The first-order chi connectivity index (χ1) is 7.66. The van der Waals surface area contributed by atoms with Gasteiger partial charge in [0, 0.05) is 30.1 Å². The number of rotatable bonds is 2. The molecule has 0 aliphatic heterocycles. The van der Waals surface area contributed by atoms with Crippen LogP contribution in [0.15, 0.2) is 0 Å². The van der Waals surface area contributed by atoms with Crippen LogP contribution >= 0.6 is 0 Å². The second kappa shape index (κ2) is 3.51. The highest BCUT2D eigenvalue weighted by Crippen LogP contribution is 2.51. The van der Waals surface area contributed by atoms with Gasteiger partial charge in [-0.1, -0.05) is 0 Å². The summed E-state index contributed by atoms with van der Waals surface area (Å²) in [5.74, 6) is -2.62. The van der Waals surface area contributed by atoms with Gasteiger partial charge in [0.05, 0.1) is 11.2 Å². The van der Waals surface area contributed by atoms with E-state index in [-0.39, 0.29) is 18.9 Å². The van der Waals surface area contributed by atoms with E-state index in [1.54, 1.807) is 0 Å². The second-order valence-corrected chi connectivity index (χ2v) is 5.45. The summed E-state index contributed by atoms with van der Waals surface area (Å²) in [4.78, 5) is 0. The van der Waals surface area contributed by atoms with Gasteiger partial charge in [0.25, 0.3) is 5.92 Å². The van der Waals surface area contributed by atoms with Crippen molar-refractivity contribution in [3.8, 4) is 0 Å². The van der Waals surface area contributed by atoms with Crippen molar-refractivity contribution in [3.63, 3.8) is 0 Å². The Labute approximate surface area is 100.0 Å². The van der Waals surface area contributed by atoms with E-state index in [4.69, 9.17) is 5.73 Å². The molecule has 1 heterocycles. The highest BCUT2D eigenvalue weighted by Gasteiger charge is 2.56. The minimum atomic E-state index is -2.62. The molecule has 1 aromatic rings. The van der Waals surface area contributed by atoms with E-state index in [1.807, 2.05) is 32.4 Å². The van der Waals surface area contributed by atoms with Crippen molar-refractivity contribution < 1.29 is 8.78 Å². The van der Waals surface area contributed by atoms with Crippen LogP contribution in [0.3, 0.4) is 0 Å². The zero-order chi connectivity index (χ0) is 13.0. The molecule has 1 fully saturated rings. The maximum absolute atomic E-state index is 13.0. The number of nitrogens with zero attached hydrogens (tertiary/aromatic N) is 2. The molecule has 3 nitrogen and oxygen atoms in total. The molecular formula is C12H19F2N3. The predicted octanol–water partition coefficient (Wildman–Crippen LogP) is 2.66. The number of hydrogen-bond acceptors (Lipinski definition) is 2. The van der Waals surface area contributed by atoms with Crippen LogP contribution in [0.4, 0.5) is 8.78 Å². The van der Waals surface area contributed by atoms with Crippen LogP contribution in [0.25, 0.3) is 0 Å². The van der Waals surface area contributed by atoms with Crippen LogP contribution in [0.2, 0.25) is 0 Å². The number of alkyl halides is 2. The lowest BCUT2D eigenvalue weighted by molar-refractivity contribution is -0.125. The third-order valence-electron chi connectivity index (χ3n) is 3.46. The fourth-order valence-corrected chi connectivity index (χ4v) is 2.93. The van der Waals surface area contributed by atoms with Crippen molar-refractivity contribution in [2.75, 3.05) is 0 Å². The van der Waals surface area contributed by atoms with Gasteiger partial charge in [-0.25, -0.2) is 8.78 Å². The van der Waals surface area contributed by atoms with E-state index in [1.165, 1.54) is 0 Å². The van der Waals surface area contributed by atoms with Gasteiger partial charge in [-0.3, -0.25) is 4.68 Å². The van der Waals surface area contributed by atoms with E-state index in [2.05, 4.69) is 5.10 Å². The minimum absolute atomic E-state index is 0.214. The Morgan fingerprint density at radius 3 is 2.18 bits per heavy atom. The van der Waals surface area contributed by atoms with Gasteiger partial charge >= 0.3 is 0 Å². The third kappa shape index (κ3) is 1.86. The quantitative estimate of drug-likeness (QED) is 0.867. The SMILES string of the molecule is Cc1nn(C(C)C)c(C)c1C1(N)CC(F)(F)C1. The lowest BCUT2D eigenvalue weighted by Crippen LogP contribution is -2.56. The molecular weight excluding hydrogens is 224 g/mol. The van der Waals surface area contributed by atoms with E-state index < -0.39 is 11.5 Å². The molecule has 1 aromatic heterocycles. The largest absolute Gasteiger partial charge is 0.321 e. The average molecular weight is 243 g/mol. The fraction of sp³-hybridized carbons (Fsp3) is 0.750. The van der Waals surface area contributed by atoms with E-state index >= 15 is 0 Å². The number of halogens is 2. The van der Waals surface area contributed by atoms with Crippen molar-refractivity contribution in [2.45, 2.75) is 58.0 Å². The molecule has 0 spiro atoms. The Bertz CT molecular complexity index is 441. The summed E-state index contributed by atoms with van der Waals surface area (Å²) >= 11 is 0. The van der Waals surface area contributed by atoms with Crippen molar-refractivity contribution in [3.05, 3.63) is 17.0 Å². The van der Waals surface area contributed by atoms with Gasteiger partial charge in [-0.05, 0) is 27.7 Å². The summed E-state index contributed by atoms with van der Waals surface area (Å²) in [6, 6.07) is 0.214. The highest BCUT2D eigenvalue weighted by atomic mass is 19.3. The predicted molar refractivity (Wildman–Crippen MR) is 62.1 cm³/mol. The Morgan fingerprint density at radius 2 is 1.82 bits per heavy atom. The molecule has 2 rings (SSSR count). The first-order valence-corrected chi connectivity index (χ1v) is 5.89. The first-order valence-electron chi connectivity index (χ1n) is 5.89. The molecule has 0 atom stereocenters. The minimum Gasteiger partial charge on any atom is -0.321 e. The zero-order valence-corrected chi connectivity index (χ0v) is 10.7. The van der Waals surface area contributed by atoms with E-state index in [0.717, 1.165) is 17.0 Å². The van der Waals surface area contributed by atoms with Gasteiger partial charge < -0.3 is 5.73 Å². The molecule has 0 amide bonds. The molecule has 0 aromatic carbocycles. The molecule has 0 saturated heterocycles. The Morgan fingerprint density at radius 1 is 1.29 bits per heavy atom. The number of aromatic nitrogens is 2. The van der Waals surface area contributed by atoms with Gasteiger partial charge in [0.1, 0.15) is 0 Å². The van der Waals surface area contributed by atoms with Gasteiger partial charge in [-0.2, -0.15) is 5.10 Å². The standard InChI is InChI=1S/C12H19F2N3/c1-7(2)17-9(4)10(8(3)16-17)11(15)5-12(13,14)6-11/h7H,5-6,15H2,1-4H3. The molecule has 5 heteroatoms. The molecule has 1 aliphatic carbocycles. The van der Waals surface area contributed by atoms with Crippen LogP contribution in [0.1, 0.15) is 49.7 Å². The van der Waals surface area contributed by atoms with Gasteiger partial charge in [-0.15, -0.1) is 0 Å². The molecule has 1 saturated carbocycles. The molecule has 2 N–H and O–H groups in total. The van der Waals surface area contributed by atoms with Crippen LogP contribution in [0.5, 0.6) is 0 Å². The number of aryl methyl sites for hydroxylation is 1. The van der Waals surface area contributed by atoms with Crippen LogP contribution in [-0.2, 0) is 5.54 Å². The molecule has 0 unspecified atom stereocenters. The van der Waals surface area contributed by atoms with E-state index in [0.29, 0.717) is 0 Å². The monoisotopic (exact) mass is 243 g/mol. The second-order valence-electron chi connectivity index (χ2n) is 5.45. The Hall–Kier alpha value is -0.970. The smallest absolute Gasteiger partial charge is 0.252 e. The van der Waals surface area contributed by atoms with Crippen LogP contribution in [0, 0.1) is 13.8 Å². The Balaban J connectivity index is 2.41. The van der Waals surface area contributed by atoms with Gasteiger partial charge in [0.2, 0.25) is 0 Å². The summed E-state index contributed by atoms with van der Waals surface area (Å²) in [5.41, 5.74) is 7.67. The normalized spacial score (nSPS) is 21.6. The topological polar surface area (TPSA) is 43.8 Å². The highest BCUT2D eigenvalue weighted by molar-refractivity contribution is 5.36. The summed E-state index contributed by atoms with van der Waals surface area (Å²) < 4.78 is 27.9. The van der Waals surface area contributed by atoms with Crippen LogP contribution in [-0.4, -0.2) is 15.7 Å². The molecule has 1 aliphatic rings. The number of nitrogens with two attached hydrogens (primary N) is 1. The molecule has 96 valence electrons. The summed E-state index contributed by atoms with van der Waals surface area (Å²) in [6.45, 7) is 7.77. The van der Waals surface area contributed by atoms with Crippen molar-refractivity contribution in [1.82, 2.24) is 9.78 Å². The summed E-state index contributed by atoms with van der Waals surface area (Å²) in [5, 5.41) is 4.40. The summed E-state index contributed by atoms with van der Waals surface area (Å²) in [6.07, 6.45) is -0.545. The van der Waals surface area contributed by atoms with Crippen LogP contribution < -0.4 is 5.73 Å². The van der Waals surface area contributed by atoms with Crippen molar-refractivity contribution >= 4 is 0 Å². The third-order valence-corrected chi connectivity index (χ3v) is 3.46. The van der Waals surface area contributed by atoms with E-state index in [9.17, 15) is 8.78 Å². The lowest BCUT2D eigenvalue weighted by atomic mass is 9.69. The molecule has 17 heavy (non-hydrogen) atoms. The molecule has 0 radical (unpaired) electrons. The maximum atomic E-state index is 13.0. The molecule has 0 bridgehead atoms. The Kier molecular flexibility index (Phi) is 2.58. The summed E-state index contributed by atoms with van der Waals surface area (Å²) in [7, 11) is 0. The van der Waals surface area contributed by atoms with Crippen molar-refractivity contribution in [1.29, 1.82) is 0 Å². The fourth-order valence-electron chi connectivity index (χ4n) is 2.93. The average Bonchev–Trinajstić information content (AvgIpc) is 2.38. The zero-order valence-electron chi connectivity index (χ0n) is 10.7. The first kappa shape index (κ1) is 12.5. The maximum Gasteiger partial charge on any atom is 0.252 e. The number of hydrogen-bond donors (Lipinski definition) is 1. The lowest BCUT2D eigenvalue weighted by Gasteiger charge is -2.45.